The van der Waals surface area contributed by atoms with Crippen molar-refractivity contribution in [3.63, 3.8) is 0 Å². The zero-order valence-corrected chi connectivity index (χ0v) is 7.61. The number of fused-ring (bicyclic) bond motifs is 1. The zero-order chi connectivity index (χ0) is 10.1. The molecule has 14 heavy (non-hydrogen) atoms. The number of hydrogen-bond donors (Lipinski definition) is 0. The average Bonchev–Trinajstić information content (AvgIpc) is 2.18. The summed E-state index contributed by atoms with van der Waals surface area (Å²) in [7, 11) is 0. The molecule has 0 radical (unpaired) electrons. The third-order valence-corrected chi connectivity index (χ3v) is 2.85. The molecule has 76 valence electrons. The van der Waals surface area contributed by atoms with Crippen LogP contribution in [-0.2, 0) is 14.3 Å². The summed E-state index contributed by atoms with van der Waals surface area (Å²) in [6.45, 7) is 0. The van der Waals surface area contributed by atoms with Gasteiger partial charge in [-0.1, -0.05) is 0 Å². The molecule has 0 aromatic heterocycles. The van der Waals surface area contributed by atoms with Gasteiger partial charge in [0.25, 0.3) is 0 Å². The van der Waals surface area contributed by atoms with Crippen molar-refractivity contribution in [1.29, 1.82) is 0 Å². The Labute approximate surface area is 80.9 Å². The predicted octanol–water partition coefficient (Wildman–Crippen LogP) is 1.18. The van der Waals surface area contributed by atoms with E-state index in [0.29, 0.717) is 19.1 Å². The van der Waals surface area contributed by atoms with Gasteiger partial charge in [-0.05, 0) is 12.8 Å². The van der Waals surface area contributed by atoms with Crippen molar-refractivity contribution in [3.05, 3.63) is 11.8 Å². The fourth-order valence-corrected chi connectivity index (χ4v) is 2.05. The summed E-state index contributed by atoms with van der Waals surface area (Å²) in [6.07, 6.45) is 1.55. The quantitative estimate of drug-likeness (QED) is 0.469. The van der Waals surface area contributed by atoms with Crippen molar-refractivity contribution < 1.29 is 18.7 Å². The van der Waals surface area contributed by atoms with E-state index in [1.165, 1.54) is 0 Å². The van der Waals surface area contributed by atoms with Gasteiger partial charge >= 0.3 is 0 Å². The molecule has 0 saturated heterocycles. The Morgan fingerprint density at radius 2 is 2.29 bits per heavy atom. The van der Waals surface area contributed by atoms with Gasteiger partial charge < -0.3 is 4.74 Å². The maximum absolute atomic E-state index is 13.0. The largest absolute Gasteiger partial charge is 0.496 e. The predicted molar refractivity (Wildman–Crippen MR) is 46.3 cm³/mol. The minimum Gasteiger partial charge on any atom is -0.496 e. The first kappa shape index (κ1) is 9.37. The summed E-state index contributed by atoms with van der Waals surface area (Å²) < 4.78 is 18.2. The summed E-state index contributed by atoms with van der Waals surface area (Å²) in [5.74, 6) is -0.504. The average molecular weight is 198 g/mol. The van der Waals surface area contributed by atoms with Crippen LogP contribution in [0.3, 0.4) is 0 Å². The van der Waals surface area contributed by atoms with Gasteiger partial charge in [0, 0.05) is 6.42 Å². The Kier molecular flexibility index (Phi) is 2.35. The van der Waals surface area contributed by atoms with Gasteiger partial charge in [-0.3, -0.25) is 9.59 Å². The number of rotatable bonds is 1. The summed E-state index contributed by atoms with van der Waals surface area (Å²) in [4.78, 5) is 22.1. The molecule has 2 aliphatic rings. The second-order valence-electron chi connectivity index (χ2n) is 3.75. The molecule has 1 heterocycles. The second kappa shape index (κ2) is 3.52. The number of allylic oxidation sites excluding steroid dienone is 1. The number of hydrogen-bond acceptors (Lipinski definition) is 3. The molecule has 1 fully saturated rings. The molecule has 1 saturated carbocycles. The lowest BCUT2D eigenvalue weighted by molar-refractivity contribution is -0.129. The number of Topliss-reactive ketones (excluding diaryl/α,β-unsaturated/α-hetero) is 1. The lowest BCUT2D eigenvalue weighted by Crippen LogP contribution is -2.40. The fourth-order valence-electron chi connectivity index (χ4n) is 2.05. The van der Waals surface area contributed by atoms with Crippen LogP contribution in [0.1, 0.15) is 19.3 Å². The number of ketones is 1. The monoisotopic (exact) mass is 198 g/mol. The van der Waals surface area contributed by atoms with Crippen LogP contribution < -0.4 is 0 Å². The van der Waals surface area contributed by atoms with Crippen molar-refractivity contribution in [1.82, 2.24) is 0 Å². The number of carbonyl (C=O) groups is 2. The van der Waals surface area contributed by atoms with Gasteiger partial charge in [-0.15, -0.1) is 0 Å². The van der Waals surface area contributed by atoms with Crippen molar-refractivity contribution in [2.24, 2.45) is 5.92 Å². The van der Waals surface area contributed by atoms with Crippen molar-refractivity contribution in [2.75, 3.05) is 0 Å². The molecule has 0 aromatic rings. The summed E-state index contributed by atoms with van der Waals surface area (Å²) >= 11 is 0. The standard InChI is InChI=1S/C10H11FO3/c11-7-1-2-8-9(3-7)14-5-6(4-12)10(8)13/h4-5,7-9H,1-3H2. The number of carbonyl (C=O) groups excluding carboxylic acids is 2. The van der Waals surface area contributed by atoms with E-state index in [9.17, 15) is 14.0 Å². The normalized spacial score (nSPS) is 36.8. The lowest BCUT2D eigenvalue weighted by Gasteiger charge is -2.34. The molecule has 4 heteroatoms. The molecule has 3 unspecified atom stereocenters. The van der Waals surface area contributed by atoms with Crippen molar-refractivity contribution in [3.8, 4) is 0 Å². The van der Waals surface area contributed by atoms with Crippen LogP contribution in [0.5, 0.6) is 0 Å². The Hall–Kier alpha value is -1.19. The van der Waals surface area contributed by atoms with Gasteiger partial charge in [0.05, 0.1) is 17.8 Å². The Morgan fingerprint density at radius 3 is 3.00 bits per heavy atom. The summed E-state index contributed by atoms with van der Waals surface area (Å²) in [5.41, 5.74) is 0.0727. The van der Waals surface area contributed by atoms with Gasteiger partial charge in [0.15, 0.2) is 12.1 Å². The molecular formula is C10H11FO3. The summed E-state index contributed by atoms with van der Waals surface area (Å²) in [6, 6.07) is 0. The minimum absolute atomic E-state index is 0.0727. The first-order valence-electron chi connectivity index (χ1n) is 4.71. The van der Waals surface area contributed by atoms with Gasteiger partial charge in [-0.25, -0.2) is 4.39 Å². The van der Waals surface area contributed by atoms with E-state index < -0.39 is 6.17 Å². The highest BCUT2D eigenvalue weighted by atomic mass is 19.1. The van der Waals surface area contributed by atoms with Crippen LogP contribution >= 0.6 is 0 Å². The number of ether oxygens (including phenoxy) is 1. The van der Waals surface area contributed by atoms with Gasteiger partial charge in [0.1, 0.15) is 12.3 Å². The van der Waals surface area contributed by atoms with Crippen LogP contribution in [-0.4, -0.2) is 24.3 Å². The zero-order valence-electron chi connectivity index (χ0n) is 7.61. The van der Waals surface area contributed by atoms with Crippen LogP contribution in [0.4, 0.5) is 4.39 Å². The Morgan fingerprint density at radius 1 is 1.50 bits per heavy atom. The maximum Gasteiger partial charge on any atom is 0.176 e. The van der Waals surface area contributed by atoms with E-state index in [1.807, 2.05) is 0 Å². The highest BCUT2D eigenvalue weighted by Gasteiger charge is 2.39. The number of halogens is 1. The second-order valence-corrected chi connectivity index (χ2v) is 3.75. The molecule has 2 rings (SSSR count). The van der Waals surface area contributed by atoms with E-state index in [4.69, 9.17) is 4.74 Å². The van der Waals surface area contributed by atoms with Crippen molar-refractivity contribution >= 4 is 12.1 Å². The molecule has 0 spiro atoms. The minimum atomic E-state index is -0.879. The van der Waals surface area contributed by atoms with Gasteiger partial charge in [-0.2, -0.15) is 0 Å². The fraction of sp³-hybridized carbons (Fsp3) is 0.600. The van der Waals surface area contributed by atoms with E-state index in [2.05, 4.69) is 0 Å². The van der Waals surface area contributed by atoms with E-state index in [-0.39, 0.29) is 29.8 Å². The van der Waals surface area contributed by atoms with Crippen LogP contribution in [0, 0.1) is 5.92 Å². The molecule has 1 aliphatic heterocycles. The third-order valence-electron chi connectivity index (χ3n) is 2.85. The van der Waals surface area contributed by atoms with Crippen LogP contribution in [0.2, 0.25) is 0 Å². The van der Waals surface area contributed by atoms with Crippen LogP contribution in [0.25, 0.3) is 0 Å². The number of aldehydes is 1. The Bertz CT molecular complexity index is 298. The lowest BCUT2D eigenvalue weighted by atomic mass is 9.80. The van der Waals surface area contributed by atoms with Crippen molar-refractivity contribution in [2.45, 2.75) is 31.5 Å². The molecule has 0 bridgehead atoms. The molecule has 0 aromatic carbocycles. The van der Waals surface area contributed by atoms with Gasteiger partial charge in [0.2, 0.25) is 0 Å². The molecule has 3 atom stereocenters. The first-order chi connectivity index (χ1) is 6.72. The molecule has 0 amide bonds. The smallest absolute Gasteiger partial charge is 0.176 e. The van der Waals surface area contributed by atoms with Crippen LogP contribution in [0.15, 0.2) is 11.8 Å². The van der Waals surface area contributed by atoms with E-state index in [1.54, 1.807) is 0 Å². The van der Waals surface area contributed by atoms with E-state index in [0.717, 1.165) is 6.26 Å². The highest BCUT2D eigenvalue weighted by molar-refractivity contribution is 6.13. The van der Waals surface area contributed by atoms with E-state index >= 15 is 0 Å². The first-order valence-corrected chi connectivity index (χ1v) is 4.71. The molecule has 0 N–H and O–H groups in total. The molecular weight excluding hydrogens is 187 g/mol. The molecule has 1 aliphatic carbocycles. The molecule has 3 nitrogen and oxygen atoms in total. The SMILES string of the molecule is O=CC1=COC2CC(F)CCC2C1=O. The third kappa shape index (κ3) is 1.45. The maximum atomic E-state index is 13.0. The Balaban J connectivity index is 2.18. The summed E-state index contributed by atoms with van der Waals surface area (Å²) in [5, 5.41) is 0. The number of alkyl halides is 1. The topological polar surface area (TPSA) is 43.4 Å². The highest BCUT2D eigenvalue weighted by Crippen LogP contribution is 2.33.